The summed E-state index contributed by atoms with van der Waals surface area (Å²) in [5, 5.41) is 15.2. The molecule has 2 aromatic carbocycles. The van der Waals surface area contributed by atoms with Gasteiger partial charge in [-0.25, -0.2) is 9.38 Å². The highest BCUT2D eigenvalue weighted by atomic mass is 19.1. The van der Waals surface area contributed by atoms with Gasteiger partial charge >= 0.3 is 0 Å². The van der Waals surface area contributed by atoms with E-state index in [0.29, 0.717) is 12.4 Å². The SMILES string of the molecule is C=C1NC(C)=Nc2cc(-c3ccc(NCC(C)(C)c4ccc(F)cc4)nn3)ccc21. The van der Waals surface area contributed by atoms with Gasteiger partial charge in [-0.3, -0.25) is 0 Å². The molecule has 1 aromatic heterocycles. The van der Waals surface area contributed by atoms with Crippen LogP contribution in [-0.4, -0.2) is 22.6 Å². The minimum absolute atomic E-state index is 0.182. The Hall–Kier alpha value is -3.54. The van der Waals surface area contributed by atoms with Crippen LogP contribution in [0.3, 0.4) is 0 Å². The molecule has 0 unspecified atom stereocenters. The number of fused-ring (bicyclic) bond motifs is 1. The summed E-state index contributed by atoms with van der Waals surface area (Å²) in [6, 6.07) is 16.5. The van der Waals surface area contributed by atoms with Gasteiger partial charge in [-0.1, -0.05) is 44.7 Å². The third kappa shape index (κ3) is 4.08. The fourth-order valence-electron chi connectivity index (χ4n) is 3.43. The van der Waals surface area contributed by atoms with E-state index in [4.69, 9.17) is 0 Å². The van der Waals surface area contributed by atoms with Crippen LogP contribution < -0.4 is 10.6 Å². The average Bonchev–Trinajstić information content (AvgIpc) is 2.72. The standard InChI is InChI=1S/C24H24FN5/c1-15-20-10-5-17(13-22(20)28-16(2)27-15)21-11-12-23(30-29-21)26-14-24(3,4)18-6-8-19(25)9-7-18/h5-13H,1,14H2,2-4H3,(H,26,30)(H,27,28). The Bertz CT molecular complexity index is 1120. The number of nitrogens with one attached hydrogen (secondary N) is 2. The van der Waals surface area contributed by atoms with E-state index in [1.165, 1.54) is 12.1 Å². The van der Waals surface area contributed by atoms with E-state index in [-0.39, 0.29) is 11.2 Å². The number of amidine groups is 1. The smallest absolute Gasteiger partial charge is 0.148 e. The summed E-state index contributed by atoms with van der Waals surface area (Å²) >= 11 is 0. The number of halogens is 1. The van der Waals surface area contributed by atoms with Crippen LogP contribution in [0, 0.1) is 5.82 Å². The molecule has 0 amide bonds. The van der Waals surface area contributed by atoms with Gasteiger partial charge in [0.1, 0.15) is 17.5 Å². The normalized spacial score (nSPS) is 13.3. The zero-order chi connectivity index (χ0) is 21.3. The molecule has 152 valence electrons. The second kappa shape index (κ2) is 7.71. The lowest BCUT2D eigenvalue weighted by Crippen LogP contribution is -2.28. The molecule has 6 heteroatoms. The fraction of sp³-hybridized carbons (Fsp3) is 0.208. The first-order valence-electron chi connectivity index (χ1n) is 9.81. The molecule has 0 radical (unpaired) electrons. The predicted octanol–water partition coefficient (Wildman–Crippen LogP) is 5.30. The minimum atomic E-state index is -0.229. The molecule has 3 aromatic rings. The molecule has 0 saturated carbocycles. The van der Waals surface area contributed by atoms with E-state index in [1.54, 1.807) is 0 Å². The Morgan fingerprint density at radius 2 is 1.80 bits per heavy atom. The van der Waals surface area contributed by atoms with Crippen LogP contribution in [0.4, 0.5) is 15.9 Å². The van der Waals surface area contributed by atoms with Crippen molar-refractivity contribution in [1.29, 1.82) is 0 Å². The van der Waals surface area contributed by atoms with E-state index < -0.39 is 0 Å². The van der Waals surface area contributed by atoms with Crippen molar-refractivity contribution in [2.45, 2.75) is 26.2 Å². The van der Waals surface area contributed by atoms with Crippen LogP contribution in [0.2, 0.25) is 0 Å². The lowest BCUT2D eigenvalue weighted by Gasteiger charge is -2.25. The Morgan fingerprint density at radius 3 is 2.50 bits per heavy atom. The molecule has 0 spiro atoms. The van der Waals surface area contributed by atoms with Crippen molar-refractivity contribution in [2.75, 3.05) is 11.9 Å². The van der Waals surface area contributed by atoms with Crippen molar-refractivity contribution in [3.05, 3.63) is 78.1 Å². The second-order valence-electron chi connectivity index (χ2n) is 8.08. The fourth-order valence-corrected chi connectivity index (χ4v) is 3.43. The first-order chi connectivity index (χ1) is 14.3. The van der Waals surface area contributed by atoms with Gasteiger partial charge in [-0.05, 0) is 42.8 Å². The maximum absolute atomic E-state index is 13.2. The third-order valence-corrected chi connectivity index (χ3v) is 5.24. The van der Waals surface area contributed by atoms with E-state index in [1.807, 2.05) is 49.4 Å². The molecular weight excluding hydrogens is 377 g/mol. The maximum Gasteiger partial charge on any atom is 0.148 e. The first-order valence-corrected chi connectivity index (χ1v) is 9.81. The van der Waals surface area contributed by atoms with Crippen molar-refractivity contribution in [3.8, 4) is 11.3 Å². The highest BCUT2D eigenvalue weighted by Gasteiger charge is 2.21. The van der Waals surface area contributed by atoms with Crippen LogP contribution >= 0.6 is 0 Å². The summed E-state index contributed by atoms with van der Waals surface area (Å²) in [5.74, 6) is 1.28. The largest absolute Gasteiger partial charge is 0.368 e. The molecule has 1 aliphatic heterocycles. The summed E-state index contributed by atoms with van der Waals surface area (Å²) in [4.78, 5) is 4.55. The molecule has 0 bridgehead atoms. The van der Waals surface area contributed by atoms with Crippen molar-refractivity contribution in [3.63, 3.8) is 0 Å². The van der Waals surface area contributed by atoms with E-state index in [2.05, 4.69) is 46.2 Å². The van der Waals surface area contributed by atoms with Gasteiger partial charge in [0.25, 0.3) is 0 Å². The van der Waals surface area contributed by atoms with E-state index in [9.17, 15) is 4.39 Å². The van der Waals surface area contributed by atoms with Crippen molar-refractivity contribution in [2.24, 2.45) is 4.99 Å². The number of rotatable bonds is 5. The summed E-state index contributed by atoms with van der Waals surface area (Å²) in [6.07, 6.45) is 0. The van der Waals surface area contributed by atoms with Gasteiger partial charge in [0.2, 0.25) is 0 Å². The highest BCUT2D eigenvalue weighted by Crippen LogP contribution is 2.32. The number of nitrogens with zero attached hydrogens (tertiary/aromatic N) is 3. The summed E-state index contributed by atoms with van der Waals surface area (Å²) < 4.78 is 13.2. The number of aliphatic imine (C=N–C) groups is 1. The topological polar surface area (TPSA) is 62.2 Å². The monoisotopic (exact) mass is 401 g/mol. The lowest BCUT2D eigenvalue weighted by molar-refractivity contribution is 0.552. The molecule has 1 aliphatic rings. The molecule has 0 fully saturated rings. The molecule has 2 N–H and O–H groups in total. The van der Waals surface area contributed by atoms with Crippen LogP contribution in [-0.2, 0) is 5.41 Å². The Balaban J connectivity index is 1.48. The van der Waals surface area contributed by atoms with Crippen LogP contribution in [0.15, 0.2) is 66.2 Å². The zero-order valence-corrected chi connectivity index (χ0v) is 17.3. The number of hydrogen-bond acceptors (Lipinski definition) is 5. The quantitative estimate of drug-likeness (QED) is 0.609. The first kappa shape index (κ1) is 19.8. The summed E-state index contributed by atoms with van der Waals surface area (Å²) in [6.45, 7) is 10.8. The van der Waals surface area contributed by atoms with E-state index in [0.717, 1.165) is 39.6 Å². The number of anilines is 1. The second-order valence-corrected chi connectivity index (χ2v) is 8.08. The average molecular weight is 401 g/mol. The van der Waals surface area contributed by atoms with Gasteiger partial charge in [0.15, 0.2) is 0 Å². The van der Waals surface area contributed by atoms with Gasteiger partial charge in [-0.15, -0.1) is 10.2 Å². The van der Waals surface area contributed by atoms with Crippen LogP contribution in [0.5, 0.6) is 0 Å². The number of benzene rings is 2. The molecule has 2 heterocycles. The molecule has 4 rings (SSSR count). The molecule has 5 nitrogen and oxygen atoms in total. The Kier molecular flexibility index (Phi) is 5.08. The highest BCUT2D eigenvalue weighted by molar-refractivity contribution is 5.97. The van der Waals surface area contributed by atoms with Gasteiger partial charge < -0.3 is 10.6 Å². The van der Waals surface area contributed by atoms with E-state index >= 15 is 0 Å². The minimum Gasteiger partial charge on any atom is -0.368 e. The lowest BCUT2D eigenvalue weighted by atomic mass is 9.84. The van der Waals surface area contributed by atoms with Gasteiger partial charge in [0, 0.05) is 28.8 Å². The Labute approximate surface area is 175 Å². The van der Waals surface area contributed by atoms with Crippen LogP contribution in [0.25, 0.3) is 17.0 Å². The summed E-state index contributed by atoms with van der Waals surface area (Å²) in [5.41, 5.74) is 5.31. The van der Waals surface area contributed by atoms with Gasteiger partial charge in [-0.2, -0.15) is 0 Å². The molecule has 30 heavy (non-hydrogen) atoms. The number of aromatic nitrogens is 2. The maximum atomic E-state index is 13.2. The predicted molar refractivity (Wildman–Crippen MR) is 120 cm³/mol. The molecular formula is C24H24FN5. The van der Waals surface area contributed by atoms with Crippen molar-refractivity contribution < 1.29 is 4.39 Å². The Morgan fingerprint density at radius 1 is 1.03 bits per heavy atom. The van der Waals surface area contributed by atoms with Crippen molar-refractivity contribution >= 4 is 23.0 Å². The van der Waals surface area contributed by atoms with Crippen molar-refractivity contribution in [1.82, 2.24) is 15.5 Å². The number of hydrogen-bond donors (Lipinski definition) is 2. The van der Waals surface area contributed by atoms with Gasteiger partial charge in [0.05, 0.1) is 11.4 Å². The van der Waals surface area contributed by atoms with Crippen LogP contribution in [0.1, 0.15) is 31.9 Å². The molecule has 0 saturated heterocycles. The molecule has 0 atom stereocenters. The zero-order valence-electron chi connectivity index (χ0n) is 17.3. The third-order valence-electron chi connectivity index (χ3n) is 5.24. The molecule has 0 aliphatic carbocycles. The summed E-state index contributed by atoms with van der Waals surface area (Å²) in [7, 11) is 0.